The van der Waals surface area contributed by atoms with Crippen molar-refractivity contribution in [2.45, 2.75) is 46.3 Å². The normalized spacial score (nSPS) is 12.4. The molecule has 2 heterocycles. The van der Waals surface area contributed by atoms with Crippen molar-refractivity contribution in [2.75, 3.05) is 5.32 Å². The number of hydrogen-bond acceptors (Lipinski definition) is 6. The van der Waals surface area contributed by atoms with Crippen molar-refractivity contribution < 1.29 is 14.3 Å². The van der Waals surface area contributed by atoms with Gasteiger partial charge in [-0.25, -0.2) is 9.78 Å². The van der Waals surface area contributed by atoms with Crippen LogP contribution in [0.1, 0.15) is 33.4 Å². The fourth-order valence-corrected chi connectivity index (χ4v) is 2.85. The molecule has 2 amide bonds. The number of aryl methyl sites for hydroxylation is 1. The summed E-state index contributed by atoms with van der Waals surface area (Å²) in [5.41, 5.74) is 0.977. The van der Waals surface area contributed by atoms with Crippen LogP contribution in [0.25, 0.3) is 10.6 Å². The summed E-state index contributed by atoms with van der Waals surface area (Å²) in [6, 6.07) is 3.00. The van der Waals surface area contributed by atoms with Gasteiger partial charge in [0.15, 0.2) is 0 Å². The number of anilines is 1. The number of thiazole rings is 1. The molecule has 25 heavy (non-hydrogen) atoms. The van der Waals surface area contributed by atoms with Gasteiger partial charge in [0.25, 0.3) is 0 Å². The first-order valence-corrected chi connectivity index (χ1v) is 8.65. The molecule has 0 unspecified atom stereocenters. The first kappa shape index (κ1) is 18.9. The number of carbonyl (C=O) groups is 2. The van der Waals surface area contributed by atoms with Crippen molar-refractivity contribution in [3.05, 3.63) is 30.2 Å². The number of aromatic nitrogens is 2. The highest BCUT2D eigenvalue weighted by Gasteiger charge is 2.22. The molecule has 134 valence electrons. The van der Waals surface area contributed by atoms with Gasteiger partial charge in [-0.15, -0.1) is 0 Å². The molecule has 2 aromatic heterocycles. The van der Waals surface area contributed by atoms with Crippen molar-refractivity contribution in [3.63, 3.8) is 0 Å². The Morgan fingerprint density at radius 3 is 2.64 bits per heavy atom. The summed E-state index contributed by atoms with van der Waals surface area (Å²) < 4.78 is 5.15. The van der Waals surface area contributed by atoms with Crippen LogP contribution in [0.15, 0.2) is 24.5 Å². The maximum Gasteiger partial charge on any atom is 0.408 e. The lowest BCUT2D eigenvalue weighted by Crippen LogP contribution is -2.43. The van der Waals surface area contributed by atoms with Crippen LogP contribution >= 0.6 is 11.3 Å². The number of nitrogens with zero attached hydrogens (tertiary/aromatic N) is 2. The monoisotopic (exact) mass is 362 g/mol. The standard InChI is InChI=1S/C17H22N4O3S/c1-10(20-16(23)24-17(3,4)5)13(22)21-14-11(2)19-15(25-14)12-7-6-8-18-9-12/h6-10H,1-5H3,(H,20,23)(H,21,22)/t10-/m0/s1. The number of hydrogen-bond donors (Lipinski definition) is 2. The number of nitrogens with one attached hydrogen (secondary N) is 2. The smallest absolute Gasteiger partial charge is 0.408 e. The Morgan fingerprint density at radius 2 is 2.04 bits per heavy atom. The number of amides is 2. The van der Waals surface area contributed by atoms with Gasteiger partial charge in [0.1, 0.15) is 21.7 Å². The summed E-state index contributed by atoms with van der Waals surface area (Å²) in [5.74, 6) is -0.338. The van der Waals surface area contributed by atoms with Crippen LogP contribution in [-0.2, 0) is 9.53 Å². The van der Waals surface area contributed by atoms with Crippen molar-refractivity contribution in [2.24, 2.45) is 0 Å². The van der Waals surface area contributed by atoms with E-state index in [-0.39, 0.29) is 5.91 Å². The summed E-state index contributed by atoms with van der Waals surface area (Å²) in [7, 11) is 0. The van der Waals surface area contributed by atoms with Gasteiger partial charge in [0.05, 0.1) is 5.69 Å². The largest absolute Gasteiger partial charge is 0.444 e. The predicted octanol–water partition coefficient (Wildman–Crippen LogP) is 3.37. The first-order chi connectivity index (χ1) is 11.7. The number of pyridine rings is 1. The topological polar surface area (TPSA) is 93.2 Å². The average molecular weight is 362 g/mol. The van der Waals surface area contributed by atoms with E-state index < -0.39 is 17.7 Å². The van der Waals surface area contributed by atoms with Crippen LogP contribution in [0, 0.1) is 6.92 Å². The Bertz CT molecular complexity index is 753. The zero-order valence-electron chi connectivity index (χ0n) is 14.9. The van der Waals surface area contributed by atoms with Gasteiger partial charge in [0.2, 0.25) is 5.91 Å². The molecule has 8 heteroatoms. The molecule has 0 saturated carbocycles. The third-order valence-corrected chi connectivity index (χ3v) is 4.19. The van der Waals surface area contributed by atoms with E-state index in [1.54, 1.807) is 40.1 Å². The van der Waals surface area contributed by atoms with Crippen LogP contribution in [0.2, 0.25) is 0 Å². The van der Waals surface area contributed by atoms with Crippen LogP contribution in [0.3, 0.4) is 0 Å². The summed E-state index contributed by atoms with van der Waals surface area (Å²) in [5, 5.41) is 6.72. The van der Waals surface area contributed by atoms with Crippen molar-refractivity contribution in [1.82, 2.24) is 15.3 Å². The molecule has 0 aliphatic heterocycles. The molecule has 0 aliphatic carbocycles. The lowest BCUT2D eigenvalue weighted by atomic mass is 10.2. The van der Waals surface area contributed by atoms with Gasteiger partial charge >= 0.3 is 6.09 Å². The molecule has 0 fully saturated rings. The summed E-state index contributed by atoms with van der Waals surface area (Å²) in [6.45, 7) is 8.70. The second kappa shape index (κ2) is 7.60. The number of rotatable bonds is 4. The number of carbonyl (C=O) groups excluding carboxylic acids is 2. The SMILES string of the molecule is Cc1nc(-c2cccnc2)sc1NC(=O)[C@H](C)NC(=O)OC(C)(C)C. The van der Waals surface area contributed by atoms with E-state index in [1.165, 1.54) is 11.3 Å². The van der Waals surface area contributed by atoms with Crippen molar-refractivity contribution in [3.8, 4) is 10.6 Å². The Labute approximate surface area is 150 Å². The van der Waals surface area contributed by atoms with Gasteiger partial charge in [-0.05, 0) is 46.8 Å². The minimum Gasteiger partial charge on any atom is -0.444 e. The third kappa shape index (κ3) is 5.53. The molecule has 2 N–H and O–H groups in total. The minimum atomic E-state index is -0.738. The summed E-state index contributed by atoms with van der Waals surface area (Å²) >= 11 is 1.36. The molecule has 2 aromatic rings. The molecule has 7 nitrogen and oxygen atoms in total. The van der Waals surface area contributed by atoms with E-state index >= 15 is 0 Å². The highest BCUT2D eigenvalue weighted by Crippen LogP contribution is 2.31. The number of alkyl carbamates (subject to hydrolysis) is 1. The molecular formula is C17H22N4O3S. The quantitative estimate of drug-likeness (QED) is 0.870. The third-order valence-electron chi connectivity index (χ3n) is 3.07. The maximum absolute atomic E-state index is 12.3. The maximum atomic E-state index is 12.3. The van der Waals surface area contributed by atoms with E-state index in [4.69, 9.17) is 4.74 Å². The van der Waals surface area contributed by atoms with Gasteiger partial charge in [-0.2, -0.15) is 0 Å². The van der Waals surface area contributed by atoms with Gasteiger partial charge < -0.3 is 15.4 Å². The molecular weight excluding hydrogens is 340 g/mol. The fraction of sp³-hybridized carbons (Fsp3) is 0.412. The average Bonchev–Trinajstić information content (AvgIpc) is 2.87. The highest BCUT2D eigenvalue weighted by atomic mass is 32.1. The Hall–Kier alpha value is -2.48. The molecule has 0 aliphatic rings. The van der Waals surface area contributed by atoms with Gasteiger partial charge in [-0.1, -0.05) is 11.3 Å². The summed E-state index contributed by atoms with van der Waals surface area (Å²) in [6.07, 6.45) is 2.78. The Balaban J connectivity index is 2.01. The van der Waals surface area contributed by atoms with Crippen molar-refractivity contribution >= 4 is 28.3 Å². The zero-order chi connectivity index (χ0) is 18.6. The second-order valence-electron chi connectivity index (χ2n) is 6.53. The number of ether oxygens (including phenoxy) is 1. The second-order valence-corrected chi connectivity index (χ2v) is 7.53. The van der Waals surface area contributed by atoms with E-state index in [0.29, 0.717) is 10.7 Å². The van der Waals surface area contributed by atoms with Gasteiger partial charge in [0, 0.05) is 18.0 Å². The predicted molar refractivity (Wildman–Crippen MR) is 97.5 cm³/mol. The minimum absolute atomic E-state index is 0.338. The van der Waals surface area contributed by atoms with Crippen LogP contribution in [0.4, 0.5) is 9.80 Å². The van der Waals surface area contributed by atoms with Gasteiger partial charge in [-0.3, -0.25) is 9.78 Å². The van der Waals surface area contributed by atoms with Crippen molar-refractivity contribution in [1.29, 1.82) is 0 Å². The molecule has 0 radical (unpaired) electrons. The molecule has 0 saturated heterocycles. The van der Waals surface area contributed by atoms with E-state index in [0.717, 1.165) is 10.6 Å². The van der Waals surface area contributed by atoms with Crippen LogP contribution in [-0.4, -0.2) is 33.6 Å². The molecule has 2 rings (SSSR count). The molecule has 0 aromatic carbocycles. The lowest BCUT2D eigenvalue weighted by molar-refractivity contribution is -0.117. The molecule has 0 bridgehead atoms. The van der Waals surface area contributed by atoms with E-state index in [2.05, 4.69) is 20.6 Å². The Kier molecular flexibility index (Phi) is 5.73. The first-order valence-electron chi connectivity index (χ1n) is 7.84. The molecule has 0 spiro atoms. The highest BCUT2D eigenvalue weighted by molar-refractivity contribution is 7.19. The lowest BCUT2D eigenvalue weighted by Gasteiger charge is -2.21. The van der Waals surface area contributed by atoms with Crippen LogP contribution < -0.4 is 10.6 Å². The fourth-order valence-electron chi connectivity index (χ4n) is 1.90. The van der Waals surface area contributed by atoms with E-state index in [1.807, 2.05) is 19.1 Å². The molecule has 1 atom stereocenters. The summed E-state index contributed by atoms with van der Waals surface area (Å²) in [4.78, 5) is 32.6. The Morgan fingerprint density at radius 1 is 1.32 bits per heavy atom. The van der Waals surface area contributed by atoms with E-state index in [9.17, 15) is 9.59 Å². The zero-order valence-corrected chi connectivity index (χ0v) is 15.7. The van der Waals surface area contributed by atoms with Crippen LogP contribution in [0.5, 0.6) is 0 Å².